The fourth-order valence-corrected chi connectivity index (χ4v) is 2.70. The van der Waals surface area contributed by atoms with Gasteiger partial charge in [0, 0.05) is 18.0 Å². The van der Waals surface area contributed by atoms with E-state index in [4.69, 9.17) is 0 Å². The zero-order valence-corrected chi connectivity index (χ0v) is 11.3. The molecule has 0 aliphatic heterocycles. The molecule has 0 fully saturated rings. The van der Waals surface area contributed by atoms with E-state index in [-0.39, 0.29) is 5.75 Å². The number of hydrogen-bond donors (Lipinski definition) is 1. The van der Waals surface area contributed by atoms with E-state index in [1.807, 2.05) is 38.2 Å². The number of benzene rings is 2. The van der Waals surface area contributed by atoms with Crippen LogP contribution in [0.3, 0.4) is 0 Å². The van der Waals surface area contributed by atoms with Gasteiger partial charge in [-0.15, -0.1) is 4.91 Å². The maximum atomic E-state index is 10.7. The first-order chi connectivity index (χ1) is 9.61. The Kier molecular flexibility index (Phi) is 2.79. The van der Waals surface area contributed by atoms with Crippen molar-refractivity contribution < 1.29 is 5.11 Å². The zero-order valence-electron chi connectivity index (χ0n) is 11.3. The summed E-state index contributed by atoms with van der Waals surface area (Å²) < 4.78 is 2.09. The summed E-state index contributed by atoms with van der Waals surface area (Å²) in [6.07, 6.45) is 0. The highest BCUT2D eigenvalue weighted by Gasteiger charge is 2.14. The number of aromatic hydroxyl groups is 1. The highest BCUT2D eigenvalue weighted by atomic mass is 16.3. The first-order valence-electron chi connectivity index (χ1n) is 6.33. The van der Waals surface area contributed by atoms with Gasteiger partial charge in [0.15, 0.2) is 0 Å². The summed E-state index contributed by atoms with van der Waals surface area (Å²) >= 11 is 0. The van der Waals surface area contributed by atoms with Crippen LogP contribution >= 0.6 is 0 Å². The minimum atomic E-state index is 0.248. The average molecular weight is 266 g/mol. The van der Waals surface area contributed by atoms with Crippen molar-refractivity contribution in [3.8, 4) is 17.0 Å². The van der Waals surface area contributed by atoms with Gasteiger partial charge < -0.3 is 9.67 Å². The van der Waals surface area contributed by atoms with Gasteiger partial charge in [-0.1, -0.05) is 0 Å². The summed E-state index contributed by atoms with van der Waals surface area (Å²) in [5.41, 5.74) is 4.68. The van der Waals surface area contributed by atoms with Crippen LogP contribution in [0.1, 0.15) is 5.56 Å². The molecule has 4 nitrogen and oxygen atoms in total. The monoisotopic (exact) mass is 266 g/mol. The molecule has 0 atom stereocenters. The van der Waals surface area contributed by atoms with Gasteiger partial charge >= 0.3 is 0 Å². The van der Waals surface area contributed by atoms with Crippen molar-refractivity contribution in [2.75, 3.05) is 0 Å². The van der Waals surface area contributed by atoms with Crippen molar-refractivity contribution in [2.24, 2.45) is 12.2 Å². The number of hydrogen-bond acceptors (Lipinski definition) is 3. The largest absolute Gasteiger partial charge is 0.508 e. The first-order valence-corrected chi connectivity index (χ1v) is 6.33. The molecule has 4 heteroatoms. The molecule has 1 aromatic heterocycles. The summed E-state index contributed by atoms with van der Waals surface area (Å²) in [6, 6.07) is 12.5. The minimum absolute atomic E-state index is 0.248. The summed E-state index contributed by atoms with van der Waals surface area (Å²) in [7, 11) is 1.99. The fraction of sp³-hybridized carbons (Fsp3) is 0.125. The molecule has 0 saturated heterocycles. The average Bonchev–Trinajstić information content (AvgIpc) is 2.72. The van der Waals surface area contributed by atoms with Gasteiger partial charge in [-0.05, 0) is 65.7 Å². The molecule has 20 heavy (non-hydrogen) atoms. The normalized spacial score (nSPS) is 10.9. The Balaban J connectivity index is 2.30. The molecule has 0 amide bonds. The van der Waals surface area contributed by atoms with Crippen LogP contribution in [-0.2, 0) is 7.05 Å². The van der Waals surface area contributed by atoms with E-state index in [1.165, 1.54) is 0 Å². The van der Waals surface area contributed by atoms with E-state index in [2.05, 4.69) is 9.74 Å². The molecule has 0 saturated carbocycles. The number of phenolic OH excluding ortho intramolecular Hbond substituents is 1. The second-order valence-corrected chi connectivity index (χ2v) is 4.87. The summed E-state index contributed by atoms with van der Waals surface area (Å²) in [6.45, 7) is 2.03. The molecular formula is C16H14N2O2. The first kappa shape index (κ1) is 12.4. The molecule has 0 radical (unpaired) electrons. The Morgan fingerprint density at radius 3 is 2.45 bits per heavy atom. The highest BCUT2D eigenvalue weighted by molar-refractivity contribution is 5.93. The number of aryl methyl sites for hydroxylation is 2. The smallest absolute Gasteiger partial charge is 0.115 e. The highest BCUT2D eigenvalue weighted by Crippen LogP contribution is 2.34. The molecule has 1 heterocycles. The number of aromatic nitrogens is 1. The number of nitrogens with zero attached hydrogens (tertiary/aromatic N) is 2. The topological polar surface area (TPSA) is 54.6 Å². The van der Waals surface area contributed by atoms with Crippen LogP contribution in [0.4, 0.5) is 5.69 Å². The SMILES string of the molecule is Cc1c(-c2ccc(O)cc2)n(C)c2ccc(N=O)cc12. The van der Waals surface area contributed by atoms with E-state index >= 15 is 0 Å². The summed E-state index contributed by atoms with van der Waals surface area (Å²) in [5, 5.41) is 13.4. The lowest BCUT2D eigenvalue weighted by Gasteiger charge is -2.06. The molecule has 0 spiro atoms. The van der Waals surface area contributed by atoms with Crippen LogP contribution in [0.25, 0.3) is 22.2 Å². The lowest BCUT2D eigenvalue weighted by atomic mass is 10.1. The van der Waals surface area contributed by atoms with Crippen molar-refractivity contribution in [3.63, 3.8) is 0 Å². The molecule has 3 rings (SSSR count). The van der Waals surface area contributed by atoms with E-state index in [1.54, 1.807) is 18.2 Å². The summed E-state index contributed by atoms with van der Waals surface area (Å²) in [5.74, 6) is 0.248. The lowest BCUT2D eigenvalue weighted by molar-refractivity contribution is 0.475. The Hall–Kier alpha value is -2.62. The van der Waals surface area contributed by atoms with E-state index in [0.29, 0.717) is 5.69 Å². The van der Waals surface area contributed by atoms with Crippen molar-refractivity contribution in [1.82, 2.24) is 4.57 Å². The van der Waals surface area contributed by atoms with E-state index < -0.39 is 0 Å². The van der Waals surface area contributed by atoms with Crippen molar-refractivity contribution in [3.05, 3.63) is 52.9 Å². The van der Waals surface area contributed by atoms with E-state index in [0.717, 1.165) is 27.7 Å². The van der Waals surface area contributed by atoms with Crippen LogP contribution in [0.15, 0.2) is 47.6 Å². The molecule has 0 unspecified atom stereocenters. The molecule has 100 valence electrons. The number of rotatable bonds is 2. The molecule has 1 N–H and O–H groups in total. The maximum Gasteiger partial charge on any atom is 0.115 e. The number of phenols is 1. The Labute approximate surface area is 116 Å². The van der Waals surface area contributed by atoms with E-state index in [9.17, 15) is 10.0 Å². The van der Waals surface area contributed by atoms with Crippen LogP contribution < -0.4 is 0 Å². The second-order valence-electron chi connectivity index (χ2n) is 4.87. The van der Waals surface area contributed by atoms with Crippen LogP contribution in [0.2, 0.25) is 0 Å². The molecular weight excluding hydrogens is 252 g/mol. The molecule has 3 aromatic rings. The van der Waals surface area contributed by atoms with Gasteiger partial charge in [0.2, 0.25) is 0 Å². The molecule has 0 aliphatic carbocycles. The standard InChI is InChI=1S/C16H14N2O2/c1-10-14-9-12(17-20)5-8-15(14)18(2)16(10)11-3-6-13(19)7-4-11/h3-9,19H,1-2H3. The fourth-order valence-electron chi connectivity index (χ4n) is 2.70. The van der Waals surface area contributed by atoms with Gasteiger partial charge in [-0.25, -0.2) is 0 Å². The van der Waals surface area contributed by atoms with Gasteiger partial charge in [-0.2, -0.15) is 0 Å². The third-order valence-corrected chi connectivity index (χ3v) is 3.68. The third kappa shape index (κ3) is 1.77. The molecule has 0 aliphatic rings. The van der Waals surface area contributed by atoms with Gasteiger partial charge in [-0.3, -0.25) is 0 Å². The zero-order chi connectivity index (χ0) is 14.3. The summed E-state index contributed by atoms with van der Waals surface area (Å²) in [4.78, 5) is 10.7. The van der Waals surface area contributed by atoms with Crippen molar-refractivity contribution in [1.29, 1.82) is 0 Å². The van der Waals surface area contributed by atoms with Gasteiger partial charge in [0.05, 0.1) is 5.69 Å². The lowest BCUT2D eigenvalue weighted by Crippen LogP contribution is -1.91. The molecule has 0 bridgehead atoms. The minimum Gasteiger partial charge on any atom is -0.508 e. The Morgan fingerprint density at radius 2 is 1.80 bits per heavy atom. The molecule has 2 aromatic carbocycles. The predicted octanol–water partition coefficient (Wildman–Crippen LogP) is 4.26. The second kappa shape index (κ2) is 4.49. The quantitative estimate of drug-likeness (QED) is 0.705. The number of fused-ring (bicyclic) bond motifs is 1. The Morgan fingerprint density at radius 1 is 1.10 bits per heavy atom. The van der Waals surface area contributed by atoms with Gasteiger partial charge in [0.25, 0.3) is 0 Å². The van der Waals surface area contributed by atoms with Gasteiger partial charge in [0.1, 0.15) is 11.4 Å². The van der Waals surface area contributed by atoms with Crippen LogP contribution in [0.5, 0.6) is 5.75 Å². The van der Waals surface area contributed by atoms with Crippen LogP contribution in [0, 0.1) is 11.8 Å². The van der Waals surface area contributed by atoms with Crippen molar-refractivity contribution in [2.45, 2.75) is 6.92 Å². The third-order valence-electron chi connectivity index (χ3n) is 3.68. The van der Waals surface area contributed by atoms with Crippen molar-refractivity contribution >= 4 is 16.6 Å². The predicted molar refractivity (Wildman–Crippen MR) is 80.2 cm³/mol. The van der Waals surface area contributed by atoms with Crippen LogP contribution in [-0.4, -0.2) is 9.67 Å². The Bertz CT molecular complexity index is 801. The maximum absolute atomic E-state index is 10.7. The number of nitroso groups, excluding NO2 is 1.